The number of anilines is 3. The summed E-state index contributed by atoms with van der Waals surface area (Å²) in [7, 11) is 0. The van der Waals surface area contributed by atoms with E-state index in [1.165, 1.54) is 24.3 Å². The lowest BCUT2D eigenvalue weighted by Gasteiger charge is -2.12. The van der Waals surface area contributed by atoms with Crippen LogP contribution in [0.3, 0.4) is 0 Å². The van der Waals surface area contributed by atoms with E-state index in [1.54, 1.807) is 6.07 Å². The van der Waals surface area contributed by atoms with Gasteiger partial charge in [-0.15, -0.1) is 5.10 Å². The van der Waals surface area contributed by atoms with Crippen molar-refractivity contribution in [3.05, 3.63) is 71.5 Å². The first kappa shape index (κ1) is 26.8. The first-order valence-electron chi connectivity index (χ1n) is 9.99. The number of benzene rings is 2. The van der Waals surface area contributed by atoms with E-state index in [0.717, 1.165) is 24.4 Å². The SMILES string of the molecule is NC(=O)c1nn(OC(=O)C(F)(F)F)cc1NCc1cccc(NC(=O)Nc2cccc(C(F)(F)F)c2)c1. The number of nitrogens with zero attached hydrogens (tertiary/aromatic N) is 2. The summed E-state index contributed by atoms with van der Waals surface area (Å²) >= 11 is 0. The Hall–Kier alpha value is -4.76. The first-order chi connectivity index (χ1) is 17.2. The van der Waals surface area contributed by atoms with Crippen molar-refractivity contribution < 1.29 is 45.6 Å². The maximum absolute atomic E-state index is 12.8. The predicted octanol–water partition coefficient (Wildman–Crippen LogP) is 3.77. The third-order valence-corrected chi connectivity index (χ3v) is 4.45. The number of amides is 3. The standard InChI is InChI=1S/C21H16F6N6O4/c22-20(23,24)12-4-2-6-14(8-12)31-19(36)30-13-5-1-3-11(7-13)9-29-15-10-33(32-16(15)17(28)34)37-18(35)21(25,26)27/h1-8,10,29H,9H2,(H2,28,34)(H2,30,31,36). The molecule has 5 N–H and O–H groups in total. The average molecular weight is 530 g/mol. The van der Waals surface area contributed by atoms with Crippen LogP contribution in [0.15, 0.2) is 54.7 Å². The van der Waals surface area contributed by atoms with E-state index in [-0.39, 0.29) is 28.5 Å². The van der Waals surface area contributed by atoms with Gasteiger partial charge in [0.15, 0.2) is 5.69 Å². The molecule has 196 valence electrons. The number of alkyl halides is 6. The van der Waals surface area contributed by atoms with Crippen molar-refractivity contribution in [2.75, 3.05) is 16.0 Å². The number of carbonyl (C=O) groups is 3. The second-order valence-electron chi connectivity index (χ2n) is 7.25. The smallest absolute Gasteiger partial charge is 0.378 e. The lowest BCUT2D eigenvalue weighted by atomic mass is 10.2. The average Bonchev–Trinajstić information content (AvgIpc) is 3.20. The van der Waals surface area contributed by atoms with Crippen LogP contribution < -0.4 is 26.5 Å². The minimum absolute atomic E-state index is 0.0516. The Morgan fingerprint density at radius 1 is 0.946 bits per heavy atom. The highest BCUT2D eigenvalue weighted by Crippen LogP contribution is 2.30. The van der Waals surface area contributed by atoms with Gasteiger partial charge in [0.05, 0.1) is 17.4 Å². The molecule has 0 unspecified atom stereocenters. The quantitative estimate of drug-likeness (QED) is 0.343. The number of carbonyl (C=O) groups excluding carboxylic acids is 3. The number of primary amides is 1. The van der Waals surface area contributed by atoms with Crippen molar-refractivity contribution in [1.29, 1.82) is 0 Å². The van der Waals surface area contributed by atoms with Crippen LogP contribution in [-0.2, 0) is 17.5 Å². The van der Waals surface area contributed by atoms with Crippen LogP contribution in [0.4, 0.5) is 48.2 Å². The molecular weight excluding hydrogens is 514 g/mol. The highest BCUT2D eigenvalue weighted by Gasteiger charge is 2.42. The number of nitrogens with two attached hydrogens (primary N) is 1. The zero-order chi connectivity index (χ0) is 27.4. The second-order valence-corrected chi connectivity index (χ2v) is 7.25. The maximum atomic E-state index is 12.8. The second kappa shape index (κ2) is 10.5. The fraction of sp³-hybridized carbons (Fsp3) is 0.143. The molecule has 0 saturated carbocycles. The van der Waals surface area contributed by atoms with Crippen LogP contribution in [-0.4, -0.2) is 34.0 Å². The molecule has 3 rings (SSSR count). The molecule has 2 aromatic carbocycles. The summed E-state index contributed by atoms with van der Waals surface area (Å²) in [6.07, 6.45) is -9.08. The van der Waals surface area contributed by atoms with E-state index in [2.05, 4.69) is 25.9 Å². The molecule has 37 heavy (non-hydrogen) atoms. The lowest BCUT2D eigenvalue weighted by molar-refractivity contribution is -0.201. The van der Waals surface area contributed by atoms with E-state index in [0.29, 0.717) is 5.56 Å². The van der Waals surface area contributed by atoms with Gasteiger partial charge in [-0.1, -0.05) is 23.0 Å². The summed E-state index contributed by atoms with van der Waals surface area (Å²) in [5, 5.41) is 10.8. The van der Waals surface area contributed by atoms with Crippen LogP contribution in [0.25, 0.3) is 0 Å². The molecule has 0 aliphatic carbocycles. The minimum atomic E-state index is -5.30. The number of aromatic nitrogens is 2. The molecule has 0 spiro atoms. The Bertz CT molecular complexity index is 1320. The van der Waals surface area contributed by atoms with Crippen molar-refractivity contribution >= 4 is 35.0 Å². The molecule has 0 atom stereocenters. The summed E-state index contributed by atoms with van der Waals surface area (Å²) in [6, 6.07) is 9.27. The predicted molar refractivity (Wildman–Crippen MR) is 116 cm³/mol. The van der Waals surface area contributed by atoms with Gasteiger partial charge in [0.2, 0.25) is 0 Å². The molecule has 0 aliphatic rings. The molecule has 0 aliphatic heterocycles. The molecule has 1 heterocycles. The third-order valence-electron chi connectivity index (χ3n) is 4.45. The number of urea groups is 1. The van der Waals surface area contributed by atoms with Crippen LogP contribution >= 0.6 is 0 Å². The molecular formula is C21H16F6N6O4. The van der Waals surface area contributed by atoms with Crippen molar-refractivity contribution in [1.82, 2.24) is 9.94 Å². The fourth-order valence-corrected chi connectivity index (χ4v) is 2.87. The van der Waals surface area contributed by atoms with Crippen molar-refractivity contribution in [3.8, 4) is 0 Å². The van der Waals surface area contributed by atoms with Gasteiger partial charge in [0.1, 0.15) is 0 Å². The molecule has 0 fully saturated rings. The molecule has 1 aromatic heterocycles. The monoisotopic (exact) mass is 530 g/mol. The highest BCUT2D eigenvalue weighted by molar-refractivity contribution is 6.00. The van der Waals surface area contributed by atoms with Crippen molar-refractivity contribution in [2.24, 2.45) is 5.73 Å². The van der Waals surface area contributed by atoms with Gasteiger partial charge in [-0.3, -0.25) is 4.79 Å². The van der Waals surface area contributed by atoms with Crippen LogP contribution in [0.1, 0.15) is 21.6 Å². The van der Waals surface area contributed by atoms with Gasteiger partial charge in [0, 0.05) is 17.9 Å². The molecule has 0 radical (unpaired) electrons. The summed E-state index contributed by atoms with van der Waals surface area (Å²) < 4.78 is 75.6. The largest absolute Gasteiger partial charge is 0.493 e. The van der Waals surface area contributed by atoms with E-state index < -0.39 is 41.5 Å². The number of halogens is 6. The van der Waals surface area contributed by atoms with Crippen molar-refractivity contribution in [3.63, 3.8) is 0 Å². The van der Waals surface area contributed by atoms with Crippen LogP contribution in [0.5, 0.6) is 0 Å². The van der Waals surface area contributed by atoms with E-state index in [1.807, 2.05) is 0 Å². The third kappa shape index (κ3) is 7.36. The maximum Gasteiger partial charge on any atom is 0.493 e. The Balaban J connectivity index is 1.65. The summed E-state index contributed by atoms with van der Waals surface area (Å²) in [4.78, 5) is 38.9. The van der Waals surface area contributed by atoms with Gasteiger partial charge in [-0.05, 0) is 35.9 Å². The fourth-order valence-electron chi connectivity index (χ4n) is 2.87. The van der Waals surface area contributed by atoms with E-state index in [9.17, 15) is 40.7 Å². The van der Waals surface area contributed by atoms with Gasteiger partial charge >= 0.3 is 24.4 Å². The zero-order valence-corrected chi connectivity index (χ0v) is 18.3. The Morgan fingerprint density at radius 3 is 2.16 bits per heavy atom. The van der Waals surface area contributed by atoms with Crippen molar-refractivity contribution in [2.45, 2.75) is 18.9 Å². The molecule has 0 saturated heterocycles. The van der Waals surface area contributed by atoms with Gasteiger partial charge < -0.3 is 26.5 Å². The number of nitrogens with one attached hydrogen (secondary N) is 3. The minimum Gasteiger partial charge on any atom is -0.378 e. The van der Waals surface area contributed by atoms with Gasteiger partial charge in [-0.25, -0.2) is 9.59 Å². The summed E-state index contributed by atoms with van der Waals surface area (Å²) in [5.74, 6) is -3.69. The zero-order valence-electron chi connectivity index (χ0n) is 18.3. The first-order valence-corrected chi connectivity index (χ1v) is 9.99. The summed E-state index contributed by atoms with van der Waals surface area (Å²) in [6.45, 7) is -0.0516. The van der Waals surface area contributed by atoms with Gasteiger partial charge in [0.25, 0.3) is 5.91 Å². The van der Waals surface area contributed by atoms with E-state index in [4.69, 9.17) is 5.73 Å². The molecule has 0 bridgehead atoms. The Kier molecular flexibility index (Phi) is 7.59. The summed E-state index contributed by atoms with van der Waals surface area (Å²) in [5.41, 5.74) is 4.20. The highest BCUT2D eigenvalue weighted by atomic mass is 19.4. The van der Waals surface area contributed by atoms with E-state index >= 15 is 0 Å². The lowest BCUT2D eigenvalue weighted by Crippen LogP contribution is -2.33. The molecule has 16 heteroatoms. The number of hydrogen-bond acceptors (Lipinski definition) is 6. The topological polar surface area (TPSA) is 140 Å². The normalized spacial score (nSPS) is 11.5. The molecule has 10 nitrogen and oxygen atoms in total. The Labute approximate surface area is 203 Å². The van der Waals surface area contributed by atoms with Gasteiger partial charge in [-0.2, -0.15) is 26.3 Å². The number of rotatable bonds is 7. The molecule has 3 amide bonds. The van der Waals surface area contributed by atoms with Crippen LogP contribution in [0.2, 0.25) is 0 Å². The Morgan fingerprint density at radius 2 is 1.57 bits per heavy atom. The van der Waals surface area contributed by atoms with Crippen LogP contribution in [0, 0.1) is 0 Å². The molecule has 3 aromatic rings. The number of hydrogen-bond donors (Lipinski definition) is 4.